The molecule has 1 aliphatic carbocycles. The number of aromatic nitrogens is 3. The third-order valence-electron chi connectivity index (χ3n) is 4.54. The molecule has 1 fully saturated rings. The maximum atomic E-state index is 12.1. The maximum absolute atomic E-state index is 12.1. The first-order valence-electron chi connectivity index (χ1n) is 8.35. The van der Waals surface area contributed by atoms with Crippen molar-refractivity contribution in [2.45, 2.75) is 12.8 Å². The molecule has 2 heterocycles. The number of carbonyl (C=O) groups excluding carboxylic acids is 2. The van der Waals surface area contributed by atoms with Crippen LogP contribution in [0.1, 0.15) is 18.4 Å². The average molecular weight is 361 g/mol. The molecule has 1 N–H and O–H groups in total. The molecule has 0 saturated heterocycles. The second-order valence-corrected chi connectivity index (χ2v) is 6.28. The molecule has 0 unspecified atom stereocenters. The number of nitriles is 1. The minimum absolute atomic E-state index is 0.0906. The Morgan fingerprint density at radius 3 is 2.85 bits per heavy atom. The number of hydrogen-bond acceptors (Lipinski definition) is 6. The number of rotatable bonds is 4. The monoisotopic (exact) mass is 361 g/mol. The molecule has 1 aromatic carbocycles. The zero-order chi connectivity index (χ0) is 19.0. The Morgan fingerprint density at radius 1 is 1.33 bits per heavy atom. The van der Waals surface area contributed by atoms with Gasteiger partial charge in [0, 0.05) is 30.2 Å². The molecule has 8 nitrogen and oxygen atoms in total. The number of Topliss-reactive ketones (excluding diaryl/α,β-unsaturated/α-hetero) is 1. The van der Waals surface area contributed by atoms with Gasteiger partial charge >= 0.3 is 0 Å². The summed E-state index contributed by atoms with van der Waals surface area (Å²) in [5, 5.41) is 16.3. The molecule has 2 aromatic heterocycles. The number of carbonyl (C=O) groups is 2. The van der Waals surface area contributed by atoms with E-state index in [1.54, 1.807) is 37.6 Å². The molecular formula is C19H15N5O3. The van der Waals surface area contributed by atoms with Gasteiger partial charge in [0.05, 0.1) is 24.7 Å². The second kappa shape index (κ2) is 6.53. The van der Waals surface area contributed by atoms with E-state index in [0.29, 0.717) is 22.5 Å². The molecule has 3 aromatic rings. The van der Waals surface area contributed by atoms with E-state index in [9.17, 15) is 14.9 Å². The van der Waals surface area contributed by atoms with E-state index >= 15 is 0 Å². The number of nitrogens with zero attached hydrogens (tertiary/aromatic N) is 4. The van der Waals surface area contributed by atoms with Crippen LogP contribution in [0.4, 0.5) is 5.95 Å². The van der Waals surface area contributed by atoms with Crippen LogP contribution in [0.15, 0.2) is 36.5 Å². The summed E-state index contributed by atoms with van der Waals surface area (Å²) in [5.74, 6) is 0.301. The number of ether oxygens (including phenoxy) is 1. The molecule has 134 valence electrons. The Bertz CT molecular complexity index is 1100. The van der Waals surface area contributed by atoms with Crippen LogP contribution >= 0.6 is 0 Å². The van der Waals surface area contributed by atoms with Crippen molar-refractivity contribution in [1.82, 2.24) is 14.6 Å². The SMILES string of the molecule is COc1cccc(C#N)c1-c1ccc2nc(NC(=O)C3CC(=O)C3)nn2c1. The highest BCUT2D eigenvalue weighted by Crippen LogP contribution is 2.33. The van der Waals surface area contributed by atoms with E-state index in [1.807, 2.05) is 6.07 Å². The Balaban J connectivity index is 1.67. The summed E-state index contributed by atoms with van der Waals surface area (Å²) in [6.45, 7) is 0. The molecule has 8 heteroatoms. The van der Waals surface area contributed by atoms with Crippen molar-refractivity contribution in [3.63, 3.8) is 0 Å². The number of nitrogens with one attached hydrogen (secondary N) is 1. The van der Waals surface area contributed by atoms with Gasteiger partial charge in [0.15, 0.2) is 5.65 Å². The summed E-state index contributed by atoms with van der Waals surface area (Å²) in [6, 6.07) is 11.0. The standard InChI is InChI=1S/C19H15N5O3/c1-27-15-4-2-3-11(9-20)17(15)12-5-6-16-21-19(23-24(16)10-12)22-18(26)13-7-14(25)8-13/h2-6,10,13H,7-8H2,1H3,(H,22,23,26). The van der Waals surface area contributed by atoms with Gasteiger partial charge in [-0.15, -0.1) is 5.10 Å². The fourth-order valence-corrected chi connectivity index (χ4v) is 3.06. The van der Waals surface area contributed by atoms with Crippen molar-refractivity contribution < 1.29 is 14.3 Å². The number of anilines is 1. The van der Waals surface area contributed by atoms with Crippen LogP contribution in [0.25, 0.3) is 16.8 Å². The maximum Gasteiger partial charge on any atom is 0.249 e. The first-order valence-corrected chi connectivity index (χ1v) is 8.35. The Morgan fingerprint density at radius 2 is 2.15 bits per heavy atom. The molecule has 0 spiro atoms. The van der Waals surface area contributed by atoms with Gasteiger partial charge in [-0.2, -0.15) is 10.2 Å². The van der Waals surface area contributed by atoms with Crippen LogP contribution in [-0.4, -0.2) is 33.4 Å². The van der Waals surface area contributed by atoms with Gasteiger partial charge < -0.3 is 4.74 Å². The van der Waals surface area contributed by atoms with E-state index in [2.05, 4.69) is 21.5 Å². The van der Waals surface area contributed by atoms with Crippen LogP contribution < -0.4 is 10.1 Å². The summed E-state index contributed by atoms with van der Waals surface area (Å²) in [5.41, 5.74) is 2.44. The highest BCUT2D eigenvalue weighted by Gasteiger charge is 2.33. The summed E-state index contributed by atoms with van der Waals surface area (Å²) >= 11 is 0. The predicted molar refractivity (Wildman–Crippen MR) is 96.1 cm³/mol. The first-order chi connectivity index (χ1) is 13.1. The van der Waals surface area contributed by atoms with Gasteiger partial charge in [-0.25, -0.2) is 4.52 Å². The van der Waals surface area contributed by atoms with Gasteiger partial charge in [0.2, 0.25) is 11.9 Å². The van der Waals surface area contributed by atoms with Crippen molar-refractivity contribution in [3.05, 3.63) is 42.1 Å². The van der Waals surface area contributed by atoms with Crippen LogP contribution in [0.3, 0.4) is 0 Å². The molecule has 27 heavy (non-hydrogen) atoms. The molecule has 1 amide bonds. The summed E-state index contributed by atoms with van der Waals surface area (Å²) in [7, 11) is 1.55. The normalized spacial score (nSPS) is 13.9. The molecule has 0 aliphatic heterocycles. The zero-order valence-electron chi connectivity index (χ0n) is 14.5. The number of benzene rings is 1. The van der Waals surface area contributed by atoms with Crippen LogP contribution in [0, 0.1) is 17.2 Å². The Labute approximate surface area is 154 Å². The Hall–Kier alpha value is -3.73. The van der Waals surface area contributed by atoms with Crippen LogP contribution in [-0.2, 0) is 9.59 Å². The lowest BCUT2D eigenvalue weighted by molar-refractivity contribution is -0.135. The van der Waals surface area contributed by atoms with Gasteiger partial charge in [-0.05, 0) is 24.3 Å². The number of fused-ring (bicyclic) bond motifs is 1. The number of ketones is 1. The van der Waals surface area contributed by atoms with E-state index in [4.69, 9.17) is 4.74 Å². The number of methoxy groups -OCH3 is 1. The van der Waals surface area contributed by atoms with E-state index in [1.165, 1.54) is 4.52 Å². The average Bonchev–Trinajstić information content (AvgIpc) is 3.05. The number of pyridine rings is 1. The molecule has 0 atom stereocenters. The van der Waals surface area contributed by atoms with Crippen molar-refractivity contribution >= 4 is 23.3 Å². The lowest BCUT2D eigenvalue weighted by atomic mass is 9.83. The highest BCUT2D eigenvalue weighted by molar-refractivity contribution is 6.01. The second-order valence-electron chi connectivity index (χ2n) is 6.28. The largest absolute Gasteiger partial charge is 0.496 e. The third-order valence-corrected chi connectivity index (χ3v) is 4.54. The lowest BCUT2D eigenvalue weighted by Gasteiger charge is -2.21. The van der Waals surface area contributed by atoms with Crippen molar-refractivity contribution in [2.24, 2.45) is 5.92 Å². The van der Waals surface area contributed by atoms with E-state index in [0.717, 1.165) is 5.56 Å². The number of amides is 1. The summed E-state index contributed by atoms with van der Waals surface area (Å²) in [4.78, 5) is 27.4. The molecular weight excluding hydrogens is 346 g/mol. The van der Waals surface area contributed by atoms with Gasteiger partial charge in [0.25, 0.3) is 0 Å². The first kappa shape index (κ1) is 16.7. The molecule has 0 radical (unpaired) electrons. The van der Waals surface area contributed by atoms with E-state index in [-0.39, 0.29) is 36.4 Å². The van der Waals surface area contributed by atoms with Gasteiger partial charge in [-0.3, -0.25) is 14.9 Å². The minimum atomic E-state index is -0.300. The predicted octanol–water partition coefficient (Wildman–Crippen LogP) is 2.19. The fourth-order valence-electron chi connectivity index (χ4n) is 3.06. The molecule has 1 saturated carbocycles. The quantitative estimate of drug-likeness (QED) is 0.763. The smallest absolute Gasteiger partial charge is 0.249 e. The number of hydrogen-bond donors (Lipinski definition) is 1. The molecule has 0 bridgehead atoms. The minimum Gasteiger partial charge on any atom is -0.496 e. The molecule has 1 aliphatic rings. The van der Waals surface area contributed by atoms with Crippen molar-refractivity contribution in [3.8, 4) is 22.9 Å². The van der Waals surface area contributed by atoms with Gasteiger partial charge in [-0.1, -0.05) is 6.07 Å². The summed E-state index contributed by atoms with van der Waals surface area (Å²) < 4.78 is 6.92. The lowest BCUT2D eigenvalue weighted by Crippen LogP contribution is -2.34. The van der Waals surface area contributed by atoms with E-state index < -0.39 is 0 Å². The molecule has 4 rings (SSSR count). The third kappa shape index (κ3) is 3.00. The topological polar surface area (TPSA) is 109 Å². The highest BCUT2D eigenvalue weighted by atomic mass is 16.5. The van der Waals surface area contributed by atoms with Crippen molar-refractivity contribution in [2.75, 3.05) is 12.4 Å². The van der Waals surface area contributed by atoms with Crippen LogP contribution in [0.5, 0.6) is 5.75 Å². The zero-order valence-corrected chi connectivity index (χ0v) is 14.5. The fraction of sp³-hybridized carbons (Fsp3) is 0.211. The van der Waals surface area contributed by atoms with Crippen LogP contribution in [0.2, 0.25) is 0 Å². The Kier molecular flexibility index (Phi) is 4.05. The van der Waals surface area contributed by atoms with Gasteiger partial charge in [0.1, 0.15) is 11.5 Å². The van der Waals surface area contributed by atoms with Crippen molar-refractivity contribution in [1.29, 1.82) is 5.26 Å². The summed E-state index contributed by atoms with van der Waals surface area (Å²) in [6.07, 6.45) is 2.27.